The third kappa shape index (κ3) is 4.84. The zero-order valence-electron chi connectivity index (χ0n) is 31.4. The van der Waals surface area contributed by atoms with Crippen LogP contribution >= 0.6 is 0 Å². The Morgan fingerprint density at radius 3 is 1.90 bits per heavy atom. The molecule has 6 heteroatoms. The summed E-state index contributed by atoms with van der Waals surface area (Å²) in [6.45, 7) is 0. The average Bonchev–Trinajstić information content (AvgIpc) is 3.97. The van der Waals surface area contributed by atoms with Gasteiger partial charge < -0.3 is 8.83 Å². The maximum Gasteiger partial charge on any atom is 0.238 e. The minimum Gasteiger partial charge on any atom is -0.456 e. The number of hydrogen-bond donors (Lipinski definition) is 0. The maximum absolute atomic E-state index is 6.44. The highest BCUT2D eigenvalue weighted by atomic mass is 16.3. The molecule has 0 atom stereocenters. The number of rotatable bonds is 4. The average molecular weight is 755 g/mol. The molecule has 0 aliphatic carbocycles. The van der Waals surface area contributed by atoms with E-state index in [0.29, 0.717) is 17.6 Å². The first kappa shape index (κ1) is 32.0. The van der Waals surface area contributed by atoms with E-state index in [0.717, 1.165) is 93.3 Å². The van der Waals surface area contributed by atoms with Gasteiger partial charge in [0, 0.05) is 49.0 Å². The topological polar surface area (TPSA) is 69.9 Å². The summed E-state index contributed by atoms with van der Waals surface area (Å²) in [4.78, 5) is 15.8. The van der Waals surface area contributed by atoms with E-state index in [-0.39, 0.29) is 0 Å². The first-order valence-corrected chi connectivity index (χ1v) is 19.8. The van der Waals surface area contributed by atoms with Gasteiger partial charge in [0.2, 0.25) is 5.95 Å². The second-order valence-electron chi connectivity index (χ2n) is 15.2. The number of furan rings is 2. The number of fused-ring (bicyclic) bond motifs is 12. The molecule has 4 heterocycles. The Bertz CT molecular complexity index is 3860. The van der Waals surface area contributed by atoms with Crippen molar-refractivity contribution in [2.45, 2.75) is 0 Å². The van der Waals surface area contributed by atoms with E-state index in [1.807, 2.05) is 54.6 Å². The molecule has 0 radical (unpaired) electrons. The Balaban J connectivity index is 1.12. The third-order valence-electron chi connectivity index (χ3n) is 11.8. The standard InChI is InChI=1S/C53H30N4O2/c1-2-12-32(13-3-1)51-54-52(36-21-24-40-39-17-8-9-20-45(39)59-48(40)30-36)56-53(55-51)57-44-29-34-15-5-4-14-33(34)27-42(44)41-19-10-18-38(50(41)57)35-23-25-46-43(28-35)49-37-16-7-6-11-31(37)22-26-47(49)58-46/h1-30H. The number of para-hydroxylation sites is 2. The smallest absolute Gasteiger partial charge is 0.238 e. The van der Waals surface area contributed by atoms with Gasteiger partial charge in [-0.25, -0.2) is 4.98 Å². The largest absolute Gasteiger partial charge is 0.456 e. The molecular weight excluding hydrogens is 725 g/mol. The molecule has 6 nitrogen and oxygen atoms in total. The highest BCUT2D eigenvalue weighted by molar-refractivity contribution is 6.21. The molecule has 274 valence electrons. The predicted molar refractivity (Wildman–Crippen MR) is 240 cm³/mol. The Morgan fingerprint density at radius 2 is 1.02 bits per heavy atom. The number of benzene rings is 9. The molecule has 0 N–H and O–H groups in total. The minimum absolute atomic E-state index is 0.530. The predicted octanol–water partition coefficient (Wildman–Crippen LogP) is 14.1. The van der Waals surface area contributed by atoms with Crippen molar-refractivity contribution in [3.8, 4) is 39.9 Å². The highest BCUT2D eigenvalue weighted by Crippen LogP contribution is 2.42. The highest BCUT2D eigenvalue weighted by Gasteiger charge is 2.22. The second-order valence-corrected chi connectivity index (χ2v) is 15.2. The van der Waals surface area contributed by atoms with E-state index in [1.54, 1.807) is 0 Å². The van der Waals surface area contributed by atoms with Crippen molar-refractivity contribution in [1.82, 2.24) is 19.5 Å². The summed E-state index contributed by atoms with van der Waals surface area (Å²) in [6.07, 6.45) is 0. The lowest BCUT2D eigenvalue weighted by Gasteiger charge is -2.13. The van der Waals surface area contributed by atoms with Crippen molar-refractivity contribution in [2.24, 2.45) is 0 Å². The van der Waals surface area contributed by atoms with Crippen LogP contribution in [0, 0.1) is 0 Å². The summed E-state index contributed by atoms with van der Waals surface area (Å²) in [5.74, 6) is 1.67. The monoisotopic (exact) mass is 754 g/mol. The number of hydrogen-bond acceptors (Lipinski definition) is 5. The van der Waals surface area contributed by atoms with Gasteiger partial charge in [-0.05, 0) is 75.6 Å². The fourth-order valence-corrected chi connectivity index (χ4v) is 9.08. The fraction of sp³-hybridized carbons (Fsp3) is 0. The van der Waals surface area contributed by atoms with Crippen molar-refractivity contribution in [2.75, 3.05) is 0 Å². The van der Waals surface area contributed by atoms with Gasteiger partial charge in [0.05, 0.1) is 11.0 Å². The summed E-state index contributed by atoms with van der Waals surface area (Å²) < 4.78 is 15.0. The van der Waals surface area contributed by atoms with Crippen molar-refractivity contribution in [1.29, 1.82) is 0 Å². The molecule has 0 saturated heterocycles. The van der Waals surface area contributed by atoms with E-state index in [4.69, 9.17) is 23.8 Å². The Hall–Kier alpha value is -8.09. The summed E-state index contributed by atoms with van der Waals surface area (Å²) in [7, 11) is 0. The quantitative estimate of drug-likeness (QED) is 0.179. The lowest BCUT2D eigenvalue weighted by molar-refractivity contribution is 0.668. The van der Waals surface area contributed by atoms with Crippen LogP contribution < -0.4 is 0 Å². The molecule has 9 aromatic carbocycles. The van der Waals surface area contributed by atoms with Crippen molar-refractivity contribution < 1.29 is 8.83 Å². The molecule has 0 bridgehead atoms. The first-order chi connectivity index (χ1) is 29.2. The Labute approximate surface area is 336 Å². The van der Waals surface area contributed by atoms with Crippen LogP contribution in [0.15, 0.2) is 191 Å². The zero-order valence-corrected chi connectivity index (χ0v) is 31.4. The van der Waals surface area contributed by atoms with Gasteiger partial charge in [0.1, 0.15) is 22.3 Å². The van der Waals surface area contributed by atoms with Crippen LogP contribution in [0.4, 0.5) is 0 Å². The Morgan fingerprint density at radius 1 is 0.356 bits per heavy atom. The summed E-state index contributed by atoms with van der Waals surface area (Å²) in [6, 6.07) is 63.4. The lowest BCUT2D eigenvalue weighted by atomic mass is 9.98. The maximum atomic E-state index is 6.44. The van der Waals surface area contributed by atoms with Crippen LogP contribution in [0.2, 0.25) is 0 Å². The van der Waals surface area contributed by atoms with Gasteiger partial charge in [-0.1, -0.05) is 133 Å². The van der Waals surface area contributed by atoms with Gasteiger partial charge >= 0.3 is 0 Å². The lowest BCUT2D eigenvalue weighted by Crippen LogP contribution is -2.07. The molecule has 59 heavy (non-hydrogen) atoms. The van der Waals surface area contributed by atoms with E-state index >= 15 is 0 Å². The van der Waals surface area contributed by atoms with Crippen molar-refractivity contribution >= 4 is 87.2 Å². The normalized spacial score (nSPS) is 12.1. The van der Waals surface area contributed by atoms with Gasteiger partial charge in [-0.15, -0.1) is 0 Å². The molecule has 0 amide bonds. The molecule has 0 spiro atoms. The Kier molecular flexibility index (Phi) is 6.63. The van der Waals surface area contributed by atoms with Crippen LogP contribution in [-0.4, -0.2) is 19.5 Å². The summed E-state index contributed by atoms with van der Waals surface area (Å²) in [5.41, 5.74) is 9.26. The summed E-state index contributed by atoms with van der Waals surface area (Å²) >= 11 is 0. The molecule has 0 fully saturated rings. The molecular formula is C53H30N4O2. The van der Waals surface area contributed by atoms with Gasteiger partial charge in [-0.2, -0.15) is 9.97 Å². The van der Waals surface area contributed by atoms with Gasteiger partial charge in [-0.3, -0.25) is 4.57 Å². The number of nitrogens with zero attached hydrogens (tertiary/aromatic N) is 4. The SMILES string of the molecule is c1ccc(-c2nc(-c3ccc4c(c3)oc3ccccc34)nc(-n3c4cc5ccccc5cc4c4cccc(-c5ccc6oc7ccc8ccccc8c7c6c5)c43)n2)cc1. The van der Waals surface area contributed by atoms with Gasteiger partial charge in [0.15, 0.2) is 11.6 Å². The molecule has 0 aliphatic rings. The minimum atomic E-state index is 0.530. The van der Waals surface area contributed by atoms with E-state index in [1.165, 1.54) is 16.2 Å². The van der Waals surface area contributed by atoms with E-state index in [9.17, 15) is 0 Å². The molecule has 0 saturated carbocycles. The van der Waals surface area contributed by atoms with Gasteiger partial charge in [0.25, 0.3) is 0 Å². The molecule has 13 rings (SSSR count). The summed E-state index contributed by atoms with van der Waals surface area (Å²) in [5, 5.41) is 11.2. The third-order valence-corrected chi connectivity index (χ3v) is 11.8. The van der Waals surface area contributed by atoms with Crippen molar-refractivity contribution in [3.05, 3.63) is 182 Å². The van der Waals surface area contributed by atoms with E-state index in [2.05, 4.69) is 132 Å². The fourth-order valence-electron chi connectivity index (χ4n) is 9.08. The van der Waals surface area contributed by atoms with Crippen LogP contribution in [0.5, 0.6) is 0 Å². The molecule has 0 unspecified atom stereocenters. The molecule has 13 aromatic rings. The van der Waals surface area contributed by atoms with Crippen LogP contribution in [-0.2, 0) is 0 Å². The molecule has 4 aromatic heterocycles. The number of aromatic nitrogens is 4. The second kappa shape index (κ2) is 12.2. The zero-order chi connectivity index (χ0) is 38.6. The van der Waals surface area contributed by atoms with Crippen LogP contribution in [0.25, 0.3) is 127 Å². The van der Waals surface area contributed by atoms with E-state index < -0.39 is 0 Å². The molecule has 0 aliphatic heterocycles. The van der Waals surface area contributed by atoms with Crippen molar-refractivity contribution in [3.63, 3.8) is 0 Å². The van der Waals surface area contributed by atoms with Crippen LogP contribution in [0.3, 0.4) is 0 Å². The first-order valence-electron chi connectivity index (χ1n) is 19.8. The van der Waals surface area contributed by atoms with Crippen LogP contribution in [0.1, 0.15) is 0 Å².